The van der Waals surface area contributed by atoms with Crippen molar-refractivity contribution in [3.8, 4) is 0 Å². The molecule has 0 N–H and O–H groups in total. The first-order valence-corrected chi connectivity index (χ1v) is 6.33. The Bertz CT molecular complexity index is 391. The van der Waals surface area contributed by atoms with Crippen molar-refractivity contribution < 1.29 is 0 Å². The molecular formula is C15H23N. The Labute approximate surface area is 99.5 Å². The van der Waals surface area contributed by atoms with Gasteiger partial charge in [0, 0.05) is 13.1 Å². The van der Waals surface area contributed by atoms with Crippen molar-refractivity contribution in [3.63, 3.8) is 0 Å². The quantitative estimate of drug-likeness (QED) is 0.726. The van der Waals surface area contributed by atoms with E-state index in [1.807, 2.05) is 0 Å². The van der Waals surface area contributed by atoms with E-state index in [2.05, 4.69) is 51.8 Å². The maximum absolute atomic E-state index is 2.42. The van der Waals surface area contributed by atoms with Crippen molar-refractivity contribution in [1.29, 1.82) is 0 Å². The summed E-state index contributed by atoms with van der Waals surface area (Å²) >= 11 is 0. The molecule has 0 fully saturated rings. The lowest BCUT2D eigenvalue weighted by molar-refractivity contribution is 0.352. The van der Waals surface area contributed by atoms with Gasteiger partial charge in [-0.1, -0.05) is 39.8 Å². The molecule has 2 rings (SSSR count). The minimum Gasteiger partial charge on any atom is -0.298 e. The van der Waals surface area contributed by atoms with Crippen LogP contribution in [0.3, 0.4) is 0 Å². The summed E-state index contributed by atoms with van der Waals surface area (Å²) in [7, 11) is 2.21. The Hall–Kier alpha value is -0.820. The molecule has 16 heavy (non-hydrogen) atoms. The molecule has 0 unspecified atom stereocenters. The predicted molar refractivity (Wildman–Crippen MR) is 69.8 cm³/mol. The second-order valence-corrected chi connectivity index (χ2v) is 5.73. The highest BCUT2D eigenvalue weighted by Crippen LogP contribution is 2.32. The van der Waals surface area contributed by atoms with E-state index >= 15 is 0 Å². The van der Waals surface area contributed by atoms with Crippen LogP contribution < -0.4 is 0 Å². The van der Waals surface area contributed by atoms with Crippen molar-refractivity contribution in [2.45, 2.75) is 52.6 Å². The average molecular weight is 217 g/mol. The SMILES string of the molecule is CC(C)c1cc2c(c(C(C)C)c1)CN(C)C2. The van der Waals surface area contributed by atoms with Gasteiger partial charge >= 0.3 is 0 Å². The highest BCUT2D eigenvalue weighted by molar-refractivity contribution is 5.43. The summed E-state index contributed by atoms with van der Waals surface area (Å²) in [6.07, 6.45) is 0. The predicted octanol–water partition coefficient (Wildman–Crippen LogP) is 3.88. The van der Waals surface area contributed by atoms with Crippen LogP contribution in [-0.4, -0.2) is 11.9 Å². The monoisotopic (exact) mass is 217 g/mol. The second kappa shape index (κ2) is 4.21. The van der Waals surface area contributed by atoms with Crippen molar-refractivity contribution in [3.05, 3.63) is 34.4 Å². The largest absolute Gasteiger partial charge is 0.298 e. The fourth-order valence-electron chi connectivity index (χ4n) is 2.58. The number of rotatable bonds is 2. The van der Waals surface area contributed by atoms with Crippen molar-refractivity contribution in [2.75, 3.05) is 7.05 Å². The minimum atomic E-state index is 0.633. The molecule has 1 heterocycles. The summed E-state index contributed by atoms with van der Waals surface area (Å²) < 4.78 is 0. The van der Waals surface area contributed by atoms with Crippen LogP contribution in [0.4, 0.5) is 0 Å². The number of nitrogens with zero attached hydrogens (tertiary/aromatic N) is 1. The van der Waals surface area contributed by atoms with E-state index in [0.717, 1.165) is 13.1 Å². The molecule has 1 heteroatoms. The Morgan fingerprint density at radius 1 is 1.00 bits per heavy atom. The van der Waals surface area contributed by atoms with Crippen LogP contribution in [-0.2, 0) is 13.1 Å². The minimum absolute atomic E-state index is 0.633. The fraction of sp³-hybridized carbons (Fsp3) is 0.600. The number of hydrogen-bond donors (Lipinski definition) is 0. The van der Waals surface area contributed by atoms with E-state index in [4.69, 9.17) is 0 Å². The molecule has 1 aromatic carbocycles. The summed E-state index contributed by atoms with van der Waals surface area (Å²) in [6, 6.07) is 4.84. The normalized spacial score (nSPS) is 16.2. The van der Waals surface area contributed by atoms with Crippen LogP contribution in [0, 0.1) is 0 Å². The average Bonchev–Trinajstić information content (AvgIpc) is 2.55. The van der Waals surface area contributed by atoms with Gasteiger partial charge in [0.05, 0.1) is 0 Å². The van der Waals surface area contributed by atoms with Gasteiger partial charge in [0.2, 0.25) is 0 Å². The number of fused-ring (bicyclic) bond motifs is 1. The highest BCUT2D eigenvalue weighted by Gasteiger charge is 2.21. The molecule has 0 spiro atoms. The Balaban J connectivity index is 2.51. The van der Waals surface area contributed by atoms with Gasteiger partial charge in [0.15, 0.2) is 0 Å². The van der Waals surface area contributed by atoms with E-state index in [0.29, 0.717) is 11.8 Å². The van der Waals surface area contributed by atoms with Gasteiger partial charge in [-0.05, 0) is 41.1 Å². The molecule has 88 valence electrons. The topological polar surface area (TPSA) is 3.24 Å². The smallest absolute Gasteiger partial charge is 0.0240 e. The van der Waals surface area contributed by atoms with Crippen LogP contribution in [0.1, 0.15) is 61.8 Å². The van der Waals surface area contributed by atoms with Crippen LogP contribution in [0.15, 0.2) is 12.1 Å². The van der Waals surface area contributed by atoms with Crippen molar-refractivity contribution in [1.82, 2.24) is 4.90 Å². The van der Waals surface area contributed by atoms with Crippen molar-refractivity contribution >= 4 is 0 Å². The maximum atomic E-state index is 2.42. The first-order valence-electron chi connectivity index (χ1n) is 6.33. The first-order chi connectivity index (χ1) is 7.49. The van der Waals surface area contributed by atoms with E-state index in [1.165, 1.54) is 5.56 Å². The standard InChI is InChI=1S/C15H23N/c1-10(2)12-6-13-8-16(5)9-15(13)14(7-12)11(3)4/h6-7,10-11H,8-9H2,1-5H3. The third-order valence-electron chi connectivity index (χ3n) is 3.56. The molecule has 0 saturated heterocycles. The van der Waals surface area contributed by atoms with E-state index in [1.54, 1.807) is 16.7 Å². The zero-order chi connectivity index (χ0) is 11.9. The van der Waals surface area contributed by atoms with Crippen LogP contribution >= 0.6 is 0 Å². The molecule has 1 aliphatic heterocycles. The molecule has 1 nitrogen and oxygen atoms in total. The Morgan fingerprint density at radius 3 is 2.25 bits per heavy atom. The zero-order valence-corrected chi connectivity index (χ0v) is 11.2. The molecule has 0 saturated carbocycles. The van der Waals surface area contributed by atoms with Gasteiger partial charge in [-0.3, -0.25) is 4.90 Å². The van der Waals surface area contributed by atoms with Gasteiger partial charge in [0.1, 0.15) is 0 Å². The summed E-state index contributed by atoms with van der Waals surface area (Å²) in [6.45, 7) is 11.4. The van der Waals surface area contributed by atoms with Gasteiger partial charge in [-0.15, -0.1) is 0 Å². The summed E-state index contributed by atoms with van der Waals surface area (Å²) in [5.74, 6) is 1.27. The molecule has 0 radical (unpaired) electrons. The van der Waals surface area contributed by atoms with Crippen molar-refractivity contribution in [2.24, 2.45) is 0 Å². The van der Waals surface area contributed by atoms with Crippen LogP contribution in [0.25, 0.3) is 0 Å². The maximum Gasteiger partial charge on any atom is 0.0240 e. The third kappa shape index (κ3) is 2.01. The molecule has 0 aromatic heterocycles. The number of hydrogen-bond acceptors (Lipinski definition) is 1. The van der Waals surface area contributed by atoms with E-state index in [9.17, 15) is 0 Å². The van der Waals surface area contributed by atoms with Crippen LogP contribution in [0.5, 0.6) is 0 Å². The lowest BCUT2D eigenvalue weighted by atomic mass is 9.89. The van der Waals surface area contributed by atoms with E-state index in [-0.39, 0.29) is 0 Å². The Kier molecular flexibility index (Phi) is 3.07. The van der Waals surface area contributed by atoms with Gasteiger partial charge in [0.25, 0.3) is 0 Å². The summed E-state index contributed by atoms with van der Waals surface area (Å²) in [5.41, 5.74) is 6.20. The molecular weight excluding hydrogens is 194 g/mol. The van der Waals surface area contributed by atoms with E-state index < -0.39 is 0 Å². The lowest BCUT2D eigenvalue weighted by Gasteiger charge is -2.16. The van der Waals surface area contributed by atoms with Gasteiger partial charge in [-0.25, -0.2) is 0 Å². The first kappa shape index (κ1) is 11.7. The molecule has 0 bridgehead atoms. The molecule has 0 atom stereocenters. The lowest BCUT2D eigenvalue weighted by Crippen LogP contribution is -2.08. The summed E-state index contributed by atoms with van der Waals surface area (Å²) in [4.78, 5) is 2.40. The highest BCUT2D eigenvalue weighted by atomic mass is 15.1. The van der Waals surface area contributed by atoms with Gasteiger partial charge < -0.3 is 0 Å². The van der Waals surface area contributed by atoms with Crippen LogP contribution in [0.2, 0.25) is 0 Å². The third-order valence-corrected chi connectivity index (χ3v) is 3.56. The molecule has 1 aromatic rings. The molecule has 0 amide bonds. The number of benzene rings is 1. The molecule has 0 aliphatic carbocycles. The zero-order valence-electron chi connectivity index (χ0n) is 11.2. The molecule has 1 aliphatic rings. The second-order valence-electron chi connectivity index (χ2n) is 5.73. The van der Waals surface area contributed by atoms with Gasteiger partial charge in [-0.2, -0.15) is 0 Å². The Morgan fingerprint density at radius 2 is 1.69 bits per heavy atom. The summed E-state index contributed by atoms with van der Waals surface area (Å²) in [5, 5.41) is 0. The fourth-order valence-corrected chi connectivity index (χ4v) is 2.58.